The fourth-order valence-electron chi connectivity index (χ4n) is 3.17. The average Bonchev–Trinajstić information content (AvgIpc) is 3.08. The molecule has 4 aromatic rings. The van der Waals surface area contributed by atoms with Crippen LogP contribution >= 0.6 is 0 Å². The summed E-state index contributed by atoms with van der Waals surface area (Å²) in [4.78, 5) is 29.8. The Kier molecular flexibility index (Phi) is 4.15. The zero-order valence-corrected chi connectivity index (χ0v) is 15.0. The number of amides is 1. The van der Waals surface area contributed by atoms with Gasteiger partial charge in [0.1, 0.15) is 12.4 Å². The van der Waals surface area contributed by atoms with Crippen LogP contribution in [0.2, 0.25) is 0 Å². The number of hydrogen-bond acceptors (Lipinski definition) is 5. The van der Waals surface area contributed by atoms with E-state index in [1.807, 2.05) is 37.3 Å². The molecule has 8 heteroatoms. The van der Waals surface area contributed by atoms with E-state index in [0.29, 0.717) is 17.0 Å². The fraction of sp³-hybridized carbons (Fsp3) is 0.211. The highest BCUT2D eigenvalue weighted by Gasteiger charge is 2.18. The van der Waals surface area contributed by atoms with Gasteiger partial charge in [0.25, 0.3) is 5.56 Å². The van der Waals surface area contributed by atoms with E-state index in [-0.39, 0.29) is 29.7 Å². The van der Waals surface area contributed by atoms with E-state index in [4.69, 9.17) is 0 Å². The molecule has 3 heterocycles. The lowest BCUT2D eigenvalue weighted by molar-refractivity contribution is -0.122. The van der Waals surface area contributed by atoms with E-state index in [2.05, 4.69) is 20.5 Å². The molecule has 0 aliphatic carbocycles. The fourth-order valence-corrected chi connectivity index (χ4v) is 3.17. The maximum absolute atomic E-state index is 12.9. The maximum Gasteiger partial charge on any atom is 0.297 e. The van der Waals surface area contributed by atoms with Gasteiger partial charge < -0.3 is 5.32 Å². The van der Waals surface area contributed by atoms with E-state index in [0.717, 1.165) is 5.56 Å². The lowest BCUT2D eigenvalue weighted by Gasteiger charge is -2.16. The minimum Gasteiger partial charge on any atom is -0.348 e. The van der Waals surface area contributed by atoms with Gasteiger partial charge >= 0.3 is 0 Å². The smallest absolute Gasteiger partial charge is 0.297 e. The molecule has 1 unspecified atom stereocenters. The summed E-state index contributed by atoms with van der Waals surface area (Å²) in [6, 6.07) is 13.0. The molecule has 27 heavy (non-hydrogen) atoms. The summed E-state index contributed by atoms with van der Waals surface area (Å²) in [5.41, 5.74) is 1.87. The van der Waals surface area contributed by atoms with Crippen molar-refractivity contribution >= 4 is 22.7 Å². The molecule has 1 amide bonds. The number of aromatic nitrogens is 5. The van der Waals surface area contributed by atoms with Gasteiger partial charge in [0.15, 0.2) is 5.65 Å². The average molecular weight is 362 g/mol. The third kappa shape index (κ3) is 2.95. The summed E-state index contributed by atoms with van der Waals surface area (Å²) in [6.45, 7) is 3.54. The summed E-state index contributed by atoms with van der Waals surface area (Å²) in [7, 11) is 0. The number of carbonyl (C=O) groups excluding carboxylic acids is 1. The molecule has 0 saturated carbocycles. The predicted octanol–water partition coefficient (Wildman–Crippen LogP) is 1.63. The first-order chi connectivity index (χ1) is 13.1. The van der Waals surface area contributed by atoms with E-state index in [1.54, 1.807) is 29.7 Å². The molecule has 0 radical (unpaired) electrons. The standard InChI is InChI=1S/C19H18N6O2/c1-12(14-7-4-3-5-8-14)21-16(26)11-24-15-9-6-10-20-17(15)25-13(2)22-23-18(25)19(24)27/h3-10,12H,11H2,1-2H3,(H,21,26). The van der Waals surface area contributed by atoms with Gasteiger partial charge in [-0.3, -0.25) is 18.6 Å². The Balaban J connectivity index is 1.72. The van der Waals surface area contributed by atoms with Crippen molar-refractivity contribution in [3.05, 3.63) is 70.4 Å². The van der Waals surface area contributed by atoms with E-state index in [9.17, 15) is 9.59 Å². The van der Waals surface area contributed by atoms with Crippen molar-refractivity contribution in [2.75, 3.05) is 0 Å². The van der Waals surface area contributed by atoms with Crippen LogP contribution in [0.4, 0.5) is 0 Å². The molecule has 3 aromatic heterocycles. The predicted molar refractivity (Wildman–Crippen MR) is 100 cm³/mol. The first-order valence-corrected chi connectivity index (χ1v) is 8.60. The number of nitrogens with zero attached hydrogens (tertiary/aromatic N) is 5. The number of nitrogens with one attached hydrogen (secondary N) is 1. The molecule has 136 valence electrons. The number of pyridine rings is 1. The number of benzene rings is 1. The van der Waals surface area contributed by atoms with Gasteiger partial charge in [0.05, 0.1) is 11.6 Å². The second-order valence-electron chi connectivity index (χ2n) is 6.34. The monoisotopic (exact) mass is 362 g/mol. The lowest BCUT2D eigenvalue weighted by Crippen LogP contribution is -2.34. The van der Waals surface area contributed by atoms with Gasteiger partial charge in [-0.2, -0.15) is 0 Å². The molecule has 0 aliphatic heterocycles. The van der Waals surface area contributed by atoms with Crippen LogP contribution in [-0.2, 0) is 11.3 Å². The Labute approximate surface area is 154 Å². The summed E-state index contributed by atoms with van der Waals surface area (Å²) < 4.78 is 3.00. The SMILES string of the molecule is Cc1nnc2c(=O)n(CC(=O)NC(C)c3ccccc3)c3cccnc3n12. The topological polar surface area (TPSA) is 94.2 Å². The van der Waals surface area contributed by atoms with E-state index < -0.39 is 0 Å². The first-order valence-electron chi connectivity index (χ1n) is 8.60. The number of fused-ring (bicyclic) bond motifs is 3. The van der Waals surface area contributed by atoms with Crippen LogP contribution in [0.15, 0.2) is 53.5 Å². The van der Waals surface area contributed by atoms with Gasteiger partial charge in [0.2, 0.25) is 11.6 Å². The highest BCUT2D eigenvalue weighted by atomic mass is 16.2. The van der Waals surface area contributed by atoms with Gasteiger partial charge in [-0.05, 0) is 31.5 Å². The molecule has 0 spiro atoms. The van der Waals surface area contributed by atoms with Crippen LogP contribution in [0.3, 0.4) is 0 Å². The van der Waals surface area contributed by atoms with Crippen molar-refractivity contribution < 1.29 is 4.79 Å². The largest absolute Gasteiger partial charge is 0.348 e. The number of carbonyl (C=O) groups is 1. The summed E-state index contributed by atoms with van der Waals surface area (Å²) >= 11 is 0. The minimum absolute atomic E-state index is 0.124. The van der Waals surface area contributed by atoms with Gasteiger partial charge in [0, 0.05) is 6.20 Å². The number of rotatable bonds is 4. The number of hydrogen-bond donors (Lipinski definition) is 1. The molecule has 4 rings (SSSR count). The molecule has 0 fully saturated rings. The Bertz CT molecular complexity index is 1200. The van der Waals surface area contributed by atoms with Crippen LogP contribution < -0.4 is 10.9 Å². The molecular formula is C19H18N6O2. The Morgan fingerprint density at radius 3 is 2.67 bits per heavy atom. The van der Waals surface area contributed by atoms with Crippen molar-refractivity contribution in [1.29, 1.82) is 0 Å². The van der Waals surface area contributed by atoms with Crippen molar-refractivity contribution in [3.63, 3.8) is 0 Å². The highest BCUT2D eigenvalue weighted by molar-refractivity contribution is 5.80. The zero-order valence-electron chi connectivity index (χ0n) is 15.0. The summed E-state index contributed by atoms with van der Waals surface area (Å²) in [5, 5.41) is 10.9. The molecule has 0 saturated heterocycles. The Hall–Kier alpha value is -3.55. The maximum atomic E-state index is 12.9. The quantitative estimate of drug-likeness (QED) is 0.595. The third-order valence-electron chi connectivity index (χ3n) is 4.51. The molecular weight excluding hydrogens is 344 g/mol. The van der Waals surface area contributed by atoms with E-state index >= 15 is 0 Å². The lowest BCUT2D eigenvalue weighted by atomic mass is 10.1. The molecule has 1 atom stereocenters. The highest BCUT2D eigenvalue weighted by Crippen LogP contribution is 2.14. The van der Waals surface area contributed by atoms with Crippen molar-refractivity contribution in [3.8, 4) is 0 Å². The van der Waals surface area contributed by atoms with Crippen LogP contribution in [0.25, 0.3) is 16.8 Å². The van der Waals surface area contributed by atoms with Crippen molar-refractivity contribution in [1.82, 2.24) is 29.5 Å². The van der Waals surface area contributed by atoms with Crippen LogP contribution in [0.1, 0.15) is 24.4 Å². The Morgan fingerprint density at radius 1 is 1.11 bits per heavy atom. The molecule has 1 aromatic carbocycles. The zero-order chi connectivity index (χ0) is 19.0. The first kappa shape index (κ1) is 16.9. The molecule has 0 aliphatic rings. The second kappa shape index (κ2) is 6.64. The molecule has 0 bridgehead atoms. The van der Waals surface area contributed by atoms with E-state index in [1.165, 1.54) is 4.57 Å². The third-order valence-corrected chi connectivity index (χ3v) is 4.51. The van der Waals surface area contributed by atoms with Gasteiger partial charge in [-0.25, -0.2) is 4.98 Å². The van der Waals surface area contributed by atoms with Gasteiger partial charge in [-0.15, -0.1) is 10.2 Å². The minimum atomic E-state index is -0.376. The van der Waals surface area contributed by atoms with Crippen molar-refractivity contribution in [2.45, 2.75) is 26.4 Å². The number of aryl methyl sites for hydroxylation is 1. The van der Waals surface area contributed by atoms with Crippen molar-refractivity contribution in [2.24, 2.45) is 0 Å². The summed E-state index contributed by atoms with van der Waals surface area (Å²) in [5.74, 6) is 0.305. The normalized spacial score (nSPS) is 12.4. The second-order valence-corrected chi connectivity index (χ2v) is 6.34. The van der Waals surface area contributed by atoms with Gasteiger partial charge in [-0.1, -0.05) is 30.3 Å². The van der Waals surface area contributed by atoms with Crippen LogP contribution in [0.5, 0.6) is 0 Å². The molecule has 8 nitrogen and oxygen atoms in total. The van der Waals surface area contributed by atoms with Crippen LogP contribution in [0, 0.1) is 6.92 Å². The summed E-state index contributed by atoms with van der Waals surface area (Å²) in [6.07, 6.45) is 1.63. The van der Waals surface area contributed by atoms with Crippen LogP contribution in [-0.4, -0.2) is 30.1 Å². The molecule has 1 N–H and O–H groups in total. The Morgan fingerprint density at radius 2 is 1.89 bits per heavy atom.